The van der Waals surface area contributed by atoms with Gasteiger partial charge in [-0.2, -0.15) is 0 Å². The highest BCUT2D eigenvalue weighted by Crippen LogP contribution is 2.13. The van der Waals surface area contributed by atoms with E-state index in [-0.39, 0.29) is 17.4 Å². The molecule has 0 radical (unpaired) electrons. The molecule has 0 atom stereocenters. The standard InChI is InChI=1S/C24H27ClN4O3S/c25-17-11-13-18(14-12-17)27-22(31)10-6-15-26-21(30)9-2-1-5-16-29-23(32)19-7-3-4-8-20(19)28-24(29)33/h3-4,7-8,11-14H,1-2,5-6,9-10,15-16H2,(H,26,30)(H,27,31)(H,28,33). The average Bonchev–Trinajstić information content (AvgIpc) is 2.80. The average molecular weight is 487 g/mol. The van der Waals surface area contributed by atoms with Gasteiger partial charge in [-0.1, -0.05) is 30.2 Å². The number of amides is 2. The molecule has 33 heavy (non-hydrogen) atoms. The molecule has 3 aromatic rings. The van der Waals surface area contributed by atoms with Crippen molar-refractivity contribution in [2.75, 3.05) is 11.9 Å². The van der Waals surface area contributed by atoms with Gasteiger partial charge < -0.3 is 15.6 Å². The van der Waals surface area contributed by atoms with E-state index in [1.807, 2.05) is 18.2 Å². The fourth-order valence-corrected chi connectivity index (χ4v) is 3.87. The Balaban J connectivity index is 1.29. The molecule has 1 aromatic heterocycles. The minimum absolute atomic E-state index is 0.0340. The summed E-state index contributed by atoms with van der Waals surface area (Å²) >= 11 is 11.1. The van der Waals surface area contributed by atoms with E-state index in [0.717, 1.165) is 24.8 Å². The van der Waals surface area contributed by atoms with E-state index < -0.39 is 0 Å². The number of hydrogen-bond donors (Lipinski definition) is 3. The monoisotopic (exact) mass is 486 g/mol. The van der Waals surface area contributed by atoms with Gasteiger partial charge in [0, 0.05) is 36.6 Å². The van der Waals surface area contributed by atoms with Crippen molar-refractivity contribution in [1.82, 2.24) is 14.9 Å². The van der Waals surface area contributed by atoms with Crippen molar-refractivity contribution in [2.45, 2.75) is 45.1 Å². The predicted molar refractivity (Wildman–Crippen MR) is 134 cm³/mol. The van der Waals surface area contributed by atoms with E-state index in [1.54, 1.807) is 34.9 Å². The molecule has 3 rings (SSSR count). The molecule has 1 heterocycles. The van der Waals surface area contributed by atoms with Gasteiger partial charge in [0.15, 0.2) is 4.77 Å². The summed E-state index contributed by atoms with van der Waals surface area (Å²) in [6, 6.07) is 14.2. The Hall–Kier alpha value is -2.97. The highest BCUT2D eigenvalue weighted by Gasteiger charge is 2.07. The number of H-pyrrole nitrogens is 1. The van der Waals surface area contributed by atoms with E-state index in [2.05, 4.69) is 15.6 Å². The van der Waals surface area contributed by atoms with Crippen molar-refractivity contribution in [2.24, 2.45) is 0 Å². The number of hydrogen-bond acceptors (Lipinski definition) is 4. The van der Waals surface area contributed by atoms with Crippen molar-refractivity contribution in [1.29, 1.82) is 0 Å². The van der Waals surface area contributed by atoms with E-state index in [1.165, 1.54) is 0 Å². The van der Waals surface area contributed by atoms with Gasteiger partial charge in [0.1, 0.15) is 0 Å². The number of fused-ring (bicyclic) bond motifs is 1. The zero-order valence-corrected chi connectivity index (χ0v) is 19.8. The van der Waals surface area contributed by atoms with Gasteiger partial charge in [-0.3, -0.25) is 19.0 Å². The van der Waals surface area contributed by atoms with Crippen LogP contribution in [0.5, 0.6) is 0 Å². The maximum Gasteiger partial charge on any atom is 0.262 e. The molecule has 0 aliphatic rings. The van der Waals surface area contributed by atoms with Crippen LogP contribution in [0.3, 0.4) is 0 Å². The van der Waals surface area contributed by atoms with Crippen LogP contribution < -0.4 is 16.2 Å². The van der Waals surface area contributed by atoms with Crippen molar-refractivity contribution in [3.8, 4) is 0 Å². The quantitative estimate of drug-likeness (QED) is 0.268. The molecule has 0 fully saturated rings. The highest BCUT2D eigenvalue weighted by atomic mass is 35.5. The first kappa shape index (κ1) is 24.7. The zero-order valence-electron chi connectivity index (χ0n) is 18.2. The molecular weight excluding hydrogens is 460 g/mol. The second-order valence-corrected chi connectivity index (χ2v) is 8.57. The van der Waals surface area contributed by atoms with Crippen molar-refractivity contribution in [3.63, 3.8) is 0 Å². The summed E-state index contributed by atoms with van der Waals surface area (Å²) in [5, 5.41) is 6.87. The van der Waals surface area contributed by atoms with Gasteiger partial charge in [-0.05, 0) is 67.9 Å². The van der Waals surface area contributed by atoms with Crippen LogP contribution in [0.25, 0.3) is 10.9 Å². The smallest absolute Gasteiger partial charge is 0.262 e. The molecule has 0 spiro atoms. The zero-order chi connectivity index (χ0) is 23.6. The Labute approximate surface area is 202 Å². The lowest BCUT2D eigenvalue weighted by atomic mass is 10.2. The van der Waals surface area contributed by atoms with Gasteiger partial charge in [-0.15, -0.1) is 0 Å². The van der Waals surface area contributed by atoms with Crippen LogP contribution in [0.15, 0.2) is 53.3 Å². The molecule has 2 amide bonds. The molecule has 0 aliphatic carbocycles. The number of unbranched alkanes of at least 4 members (excludes halogenated alkanes) is 2. The van der Waals surface area contributed by atoms with Crippen LogP contribution in [0.4, 0.5) is 5.69 Å². The van der Waals surface area contributed by atoms with Crippen LogP contribution >= 0.6 is 23.8 Å². The molecule has 9 heteroatoms. The second kappa shape index (κ2) is 12.3. The summed E-state index contributed by atoms with van der Waals surface area (Å²) in [5.74, 6) is -0.137. The van der Waals surface area contributed by atoms with E-state index in [0.29, 0.717) is 53.2 Å². The third-order valence-electron chi connectivity index (χ3n) is 5.21. The lowest BCUT2D eigenvalue weighted by Gasteiger charge is -2.08. The maximum absolute atomic E-state index is 12.6. The number of nitrogens with one attached hydrogen (secondary N) is 3. The third-order valence-corrected chi connectivity index (χ3v) is 5.78. The third kappa shape index (κ3) is 7.54. The molecular formula is C24H27ClN4O3S. The number of para-hydroxylation sites is 1. The van der Waals surface area contributed by atoms with E-state index >= 15 is 0 Å². The summed E-state index contributed by atoms with van der Waals surface area (Å²) in [6.45, 7) is 0.970. The Morgan fingerprint density at radius 2 is 1.67 bits per heavy atom. The lowest BCUT2D eigenvalue weighted by Crippen LogP contribution is -2.25. The number of benzene rings is 2. The molecule has 7 nitrogen and oxygen atoms in total. The Kier molecular flexibility index (Phi) is 9.21. The summed E-state index contributed by atoms with van der Waals surface area (Å²) < 4.78 is 1.99. The largest absolute Gasteiger partial charge is 0.356 e. The fourth-order valence-electron chi connectivity index (χ4n) is 3.46. The normalized spacial score (nSPS) is 10.8. The number of anilines is 1. The summed E-state index contributed by atoms with van der Waals surface area (Å²) in [7, 11) is 0. The number of carbonyl (C=O) groups excluding carboxylic acids is 2. The van der Waals surface area contributed by atoms with Crippen LogP contribution in [0.2, 0.25) is 5.02 Å². The first-order chi connectivity index (χ1) is 15.9. The SMILES string of the molecule is O=C(CCCCCn1c(=S)[nH]c2ccccc2c1=O)NCCCC(=O)Nc1ccc(Cl)cc1. The number of aromatic nitrogens is 2. The summed E-state index contributed by atoms with van der Waals surface area (Å²) in [4.78, 5) is 39.6. The number of halogens is 1. The Bertz CT molecular complexity index is 1220. The number of nitrogens with zero attached hydrogens (tertiary/aromatic N) is 1. The van der Waals surface area contributed by atoms with Crippen LogP contribution in [-0.2, 0) is 16.1 Å². The number of aromatic amines is 1. The van der Waals surface area contributed by atoms with Crippen LogP contribution in [0.1, 0.15) is 38.5 Å². The van der Waals surface area contributed by atoms with E-state index in [9.17, 15) is 14.4 Å². The molecule has 3 N–H and O–H groups in total. The van der Waals surface area contributed by atoms with Gasteiger partial charge in [0.05, 0.1) is 10.9 Å². The van der Waals surface area contributed by atoms with Crippen molar-refractivity contribution >= 4 is 52.2 Å². The molecule has 0 bridgehead atoms. The second-order valence-electron chi connectivity index (χ2n) is 7.75. The molecule has 0 unspecified atom stereocenters. The van der Waals surface area contributed by atoms with Gasteiger partial charge in [0.25, 0.3) is 5.56 Å². The highest BCUT2D eigenvalue weighted by molar-refractivity contribution is 7.71. The number of carbonyl (C=O) groups is 2. The summed E-state index contributed by atoms with van der Waals surface area (Å²) in [6.07, 6.45) is 3.59. The first-order valence-corrected chi connectivity index (χ1v) is 11.8. The predicted octanol–water partition coefficient (Wildman–Crippen LogP) is 4.81. The van der Waals surface area contributed by atoms with Gasteiger partial charge in [0.2, 0.25) is 11.8 Å². The molecule has 0 aliphatic heterocycles. The maximum atomic E-state index is 12.6. The van der Waals surface area contributed by atoms with Crippen LogP contribution in [0, 0.1) is 4.77 Å². The lowest BCUT2D eigenvalue weighted by molar-refractivity contribution is -0.121. The fraction of sp³-hybridized carbons (Fsp3) is 0.333. The topological polar surface area (TPSA) is 96.0 Å². The first-order valence-electron chi connectivity index (χ1n) is 11.0. The van der Waals surface area contributed by atoms with E-state index in [4.69, 9.17) is 23.8 Å². The molecule has 2 aromatic carbocycles. The minimum Gasteiger partial charge on any atom is -0.356 e. The Morgan fingerprint density at radius 1 is 0.939 bits per heavy atom. The van der Waals surface area contributed by atoms with Crippen molar-refractivity contribution in [3.05, 3.63) is 68.7 Å². The number of rotatable bonds is 11. The van der Waals surface area contributed by atoms with Crippen LogP contribution in [-0.4, -0.2) is 27.9 Å². The van der Waals surface area contributed by atoms with Crippen molar-refractivity contribution < 1.29 is 9.59 Å². The minimum atomic E-state index is -0.103. The summed E-state index contributed by atoms with van der Waals surface area (Å²) in [5.41, 5.74) is 1.34. The Morgan fingerprint density at radius 3 is 2.45 bits per heavy atom. The van der Waals surface area contributed by atoms with Gasteiger partial charge in [-0.25, -0.2) is 0 Å². The molecule has 0 saturated heterocycles. The molecule has 174 valence electrons. The van der Waals surface area contributed by atoms with Gasteiger partial charge >= 0.3 is 0 Å². The molecule has 0 saturated carbocycles.